The second-order valence-electron chi connectivity index (χ2n) is 7.13. The molecule has 148 valence electrons. The number of aromatic hydroxyl groups is 2. The fraction of sp³-hybridized carbons (Fsp3) is 0.350. The number of methoxy groups -OCH3 is 1. The molecular weight excluding hydrogens is 365 g/mol. The van der Waals surface area contributed by atoms with Crippen molar-refractivity contribution in [2.45, 2.75) is 19.4 Å². The summed E-state index contributed by atoms with van der Waals surface area (Å²) in [6, 6.07) is 7.12. The minimum Gasteiger partial charge on any atom is -0.502 e. The first-order valence-electron chi connectivity index (χ1n) is 9.03. The number of hydrogen-bond acceptors (Lipinski definition) is 6. The van der Waals surface area contributed by atoms with Crippen molar-refractivity contribution in [2.75, 3.05) is 32.2 Å². The number of nitrogens with one attached hydrogen (secondary N) is 1. The third-order valence-corrected chi connectivity index (χ3v) is 5.04. The van der Waals surface area contributed by atoms with Crippen LogP contribution in [-0.4, -0.2) is 46.6 Å². The molecule has 0 amide bonds. The number of fused-ring (bicyclic) bond motifs is 1. The highest BCUT2D eigenvalue weighted by Crippen LogP contribution is 2.44. The van der Waals surface area contributed by atoms with Crippen LogP contribution in [0.25, 0.3) is 22.4 Å². The molecule has 3 aromatic rings. The van der Waals surface area contributed by atoms with Crippen molar-refractivity contribution in [1.82, 2.24) is 9.55 Å². The molecule has 28 heavy (non-hydrogen) atoms. The molecule has 0 unspecified atom stereocenters. The summed E-state index contributed by atoms with van der Waals surface area (Å²) in [7, 11) is 1.34. The summed E-state index contributed by atoms with van der Waals surface area (Å²) in [6.07, 6.45) is 0. The van der Waals surface area contributed by atoms with Crippen LogP contribution in [0.15, 0.2) is 24.3 Å². The van der Waals surface area contributed by atoms with Gasteiger partial charge in [-0.1, -0.05) is 0 Å². The third-order valence-electron chi connectivity index (χ3n) is 5.04. The SMILES string of the molecule is CCNc1ccc2c(c1)nc(-c1cc(OC)c(O)c(O)c1F)n2C1(C)COC1. The molecule has 0 bridgehead atoms. The predicted octanol–water partition coefficient (Wildman–Crippen LogP) is 3.44. The Morgan fingerprint density at radius 1 is 1.29 bits per heavy atom. The Bertz CT molecular complexity index is 1060. The van der Waals surface area contributed by atoms with Gasteiger partial charge in [0.15, 0.2) is 17.3 Å². The van der Waals surface area contributed by atoms with Crippen molar-refractivity contribution in [3.8, 4) is 28.6 Å². The largest absolute Gasteiger partial charge is 0.502 e. The van der Waals surface area contributed by atoms with Gasteiger partial charge < -0.3 is 29.6 Å². The number of anilines is 1. The van der Waals surface area contributed by atoms with Crippen LogP contribution in [0.1, 0.15) is 13.8 Å². The average Bonchev–Trinajstić information content (AvgIpc) is 3.03. The van der Waals surface area contributed by atoms with Crippen LogP contribution in [0.2, 0.25) is 0 Å². The van der Waals surface area contributed by atoms with Gasteiger partial charge in [-0.3, -0.25) is 0 Å². The van der Waals surface area contributed by atoms with E-state index in [4.69, 9.17) is 9.47 Å². The number of rotatable bonds is 5. The maximum absolute atomic E-state index is 14.9. The predicted molar refractivity (Wildman–Crippen MR) is 104 cm³/mol. The van der Waals surface area contributed by atoms with E-state index < -0.39 is 22.9 Å². The van der Waals surface area contributed by atoms with Crippen molar-refractivity contribution in [2.24, 2.45) is 0 Å². The van der Waals surface area contributed by atoms with Crippen molar-refractivity contribution >= 4 is 16.7 Å². The molecule has 0 saturated carbocycles. The van der Waals surface area contributed by atoms with E-state index in [0.29, 0.717) is 24.6 Å². The highest BCUT2D eigenvalue weighted by molar-refractivity contribution is 5.85. The highest BCUT2D eigenvalue weighted by atomic mass is 19.1. The quantitative estimate of drug-likeness (QED) is 0.581. The van der Waals surface area contributed by atoms with Crippen molar-refractivity contribution in [3.63, 3.8) is 0 Å². The summed E-state index contributed by atoms with van der Waals surface area (Å²) < 4.78 is 27.3. The topological polar surface area (TPSA) is 88.8 Å². The molecule has 1 saturated heterocycles. The minimum atomic E-state index is -0.953. The number of hydrogen-bond donors (Lipinski definition) is 3. The molecule has 1 aliphatic heterocycles. The Balaban J connectivity index is 2.01. The first-order valence-corrected chi connectivity index (χ1v) is 9.03. The zero-order valence-electron chi connectivity index (χ0n) is 15.9. The Labute approximate surface area is 161 Å². The molecule has 2 heterocycles. The second kappa shape index (κ2) is 6.56. The molecule has 0 radical (unpaired) electrons. The maximum Gasteiger partial charge on any atom is 0.203 e. The zero-order valence-corrected chi connectivity index (χ0v) is 15.9. The highest BCUT2D eigenvalue weighted by Gasteiger charge is 2.39. The number of phenolic OH excluding ortho intramolecular Hbond substituents is 2. The van der Waals surface area contributed by atoms with Crippen LogP contribution in [0.5, 0.6) is 17.2 Å². The molecule has 0 aliphatic carbocycles. The number of aromatic nitrogens is 2. The normalized spacial score (nSPS) is 15.4. The monoisotopic (exact) mass is 387 g/mol. The standard InChI is InChI=1S/C20H22FN3O4/c1-4-22-11-5-6-14-13(7-11)23-19(24(14)20(2)9-28-10-20)12-8-15(27-3)17(25)18(26)16(12)21/h5-8,22,25-26H,4,9-10H2,1-3H3. The Morgan fingerprint density at radius 2 is 2.04 bits per heavy atom. The van der Waals surface area contributed by atoms with Crippen molar-refractivity contribution < 1.29 is 24.1 Å². The fourth-order valence-electron chi connectivity index (χ4n) is 3.58. The zero-order chi connectivity index (χ0) is 20.1. The van der Waals surface area contributed by atoms with Crippen LogP contribution in [0, 0.1) is 5.82 Å². The van der Waals surface area contributed by atoms with Crippen LogP contribution >= 0.6 is 0 Å². The van der Waals surface area contributed by atoms with Gasteiger partial charge >= 0.3 is 0 Å². The van der Waals surface area contributed by atoms with Gasteiger partial charge in [0.05, 0.1) is 42.5 Å². The van der Waals surface area contributed by atoms with E-state index in [1.54, 1.807) is 0 Å². The van der Waals surface area contributed by atoms with E-state index in [9.17, 15) is 14.6 Å². The summed E-state index contributed by atoms with van der Waals surface area (Å²) >= 11 is 0. The Hall–Kier alpha value is -3.00. The number of nitrogens with zero attached hydrogens (tertiary/aromatic N) is 2. The summed E-state index contributed by atoms with van der Waals surface area (Å²) in [5.74, 6) is -2.16. The number of phenols is 2. The van der Waals surface area contributed by atoms with Gasteiger partial charge in [-0.2, -0.15) is 0 Å². The lowest BCUT2D eigenvalue weighted by Crippen LogP contribution is -2.49. The van der Waals surface area contributed by atoms with E-state index >= 15 is 0 Å². The molecule has 3 N–H and O–H groups in total. The van der Waals surface area contributed by atoms with Gasteiger partial charge in [0.25, 0.3) is 0 Å². The maximum atomic E-state index is 14.9. The van der Waals surface area contributed by atoms with Crippen LogP contribution in [0.3, 0.4) is 0 Å². The molecule has 1 aromatic heterocycles. The van der Waals surface area contributed by atoms with E-state index in [2.05, 4.69) is 10.3 Å². The molecule has 7 nitrogen and oxygen atoms in total. The van der Waals surface area contributed by atoms with Gasteiger partial charge in [-0.05, 0) is 38.1 Å². The second-order valence-corrected chi connectivity index (χ2v) is 7.13. The minimum absolute atomic E-state index is 0.0316. The molecule has 8 heteroatoms. The Morgan fingerprint density at radius 3 is 2.64 bits per heavy atom. The summed E-state index contributed by atoms with van der Waals surface area (Å²) in [4.78, 5) is 4.66. The lowest BCUT2D eigenvalue weighted by atomic mass is 9.98. The molecule has 4 rings (SSSR count). The lowest BCUT2D eigenvalue weighted by molar-refractivity contribution is -0.0868. The molecule has 1 fully saturated rings. The molecular formula is C20H22FN3O4. The molecule has 2 aromatic carbocycles. The summed E-state index contributed by atoms with van der Waals surface area (Å²) in [6.45, 7) is 5.70. The molecule has 0 atom stereocenters. The van der Waals surface area contributed by atoms with Crippen molar-refractivity contribution in [3.05, 3.63) is 30.1 Å². The van der Waals surface area contributed by atoms with Crippen LogP contribution in [-0.2, 0) is 10.3 Å². The van der Waals surface area contributed by atoms with Gasteiger partial charge in [0, 0.05) is 12.2 Å². The van der Waals surface area contributed by atoms with Gasteiger partial charge in [-0.25, -0.2) is 9.37 Å². The van der Waals surface area contributed by atoms with Gasteiger partial charge in [0.1, 0.15) is 5.82 Å². The van der Waals surface area contributed by atoms with E-state index in [-0.39, 0.29) is 11.3 Å². The number of halogens is 1. The van der Waals surface area contributed by atoms with Gasteiger partial charge in [-0.15, -0.1) is 0 Å². The van der Waals surface area contributed by atoms with Gasteiger partial charge in [0.2, 0.25) is 5.75 Å². The van der Waals surface area contributed by atoms with Crippen LogP contribution < -0.4 is 10.1 Å². The summed E-state index contributed by atoms with van der Waals surface area (Å²) in [5.41, 5.74) is 2.06. The average molecular weight is 387 g/mol. The fourth-order valence-corrected chi connectivity index (χ4v) is 3.58. The first kappa shape index (κ1) is 18.4. The van der Waals surface area contributed by atoms with Crippen LogP contribution in [0.4, 0.5) is 10.1 Å². The lowest BCUT2D eigenvalue weighted by Gasteiger charge is -2.40. The van der Waals surface area contributed by atoms with E-state index in [1.165, 1.54) is 13.2 Å². The third kappa shape index (κ3) is 2.63. The smallest absolute Gasteiger partial charge is 0.203 e. The number of benzene rings is 2. The summed E-state index contributed by atoms with van der Waals surface area (Å²) in [5, 5.41) is 23.2. The Kier molecular flexibility index (Phi) is 4.30. The number of imidazole rings is 1. The van der Waals surface area contributed by atoms with E-state index in [1.807, 2.05) is 36.6 Å². The van der Waals surface area contributed by atoms with E-state index in [0.717, 1.165) is 17.7 Å². The number of ether oxygens (including phenoxy) is 2. The molecule has 1 aliphatic rings. The van der Waals surface area contributed by atoms with Crippen molar-refractivity contribution in [1.29, 1.82) is 0 Å². The first-order chi connectivity index (χ1) is 13.4. The molecule has 0 spiro atoms.